The summed E-state index contributed by atoms with van der Waals surface area (Å²) >= 11 is 0. The van der Waals surface area contributed by atoms with Crippen molar-refractivity contribution in [3.05, 3.63) is 82.0 Å². The van der Waals surface area contributed by atoms with Gasteiger partial charge >= 0.3 is 0 Å². The molecule has 2 aliphatic rings. The molecule has 7 nitrogen and oxygen atoms in total. The molecule has 0 spiro atoms. The molecular formula is C26H27N5O2. The zero-order valence-corrected chi connectivity index (χ0v) is 18.4. The van der Waals surface area contributed by atoms with Crippen molar-refractivity contribution >= 4 is 22.5 Å². The number of benzene rings is 1. The smallest absolute Gasteiger partial charge is 0.270 e. The molecule has 3 heterocycles. The van der Waals surface area contributed by atoms with E-state index in [1.807, 2.05) is 6.07 Å². The lowest BCUT2D eigenvalue weighted by molar-refractivity contribution is 0.0946. The lowest BCUT2D eigenvalue weighted by atomic mass is 9.78. The first-order chi connectivity index (χ1) is 16.1. The van der Waals surface area contributed by atoms with E-state index in [0.29, 0.717) is 17.7 Å². The standard InChI is InChI=1S/C26H27N5O2/c32-24-14-22(30-23-6-1-2-11-31(23)24)25(33)27-15-17-7-8-18-13-20(29-21(18)12-17)16-28-26(9-10-26)19-4-3-5-19/h1-2,6-8,11-14,19,28-29H,3-5,9-10,15-16H2,(H,27,33). The first-order valence-corrected chi connectivity index (χ1v) is 11.7. The lowest BCUT2D eigenvalue weighted by Crippen LogP contribution is -2.41. The second kappa shape index (κ2) is 7.85. The van der Waals surface area contributed by atoms with Crippen LogP contribution < -0.4 is 16.2 Å². The SMILES string of the molecule is O=C(NCc1ccc2cc(CNC3(C4CCC4)CC3)[nH]c2c1)c1cc(=O)n2ccccc2n1. The molecular weight excluding hydrogens is 414 g/mol. The number of hydrogen-bond acceptors (Lipinski definition) is 4. The maximum Gasteiger partial charge on any atom is 0.270 e. The number of nitrogens with one attached hydrogen (secondary N) is 3. The Hall–Kier alpha value is -3.45. The van der Waals surface area contributed by atoms with Crippen molar-refractivity contribution in [3.63, 3.8) is 0 Å². The highest BCUT2D eigenvalue weighted by Crippen LogP contribution is 2.50. The van der Waals surface area contributed by atoms with Gasteiger partial charge in [-0.2, -0.15) is 0 Å². The minimum Gasteiger partial charge on any atom is -0.357 e. The van der Waals surface area contributed by atoms with Gasteiger partial charge in [0.2, 0.25) is 0 Å². The zero-order valence-electron chi connectivity index (χ0n) is 18.4. The molecule has 0 saturated heterocycles. The molecule has 3 aromatic heterocycles. The number of aromatic nitrogens is 3. The van der Waals surface area contributed by atoms with E-state index in [0.717, 1.165) is 23.5 Å². The molecule has 0 unspecified atom stereocenters. The number of carbonyl (C=O) groups excluding carboxylic acids is 1. The van der Waals surface area contributed by atoms with Gasteiger partial charge in [0.25, 0.3) is 11.5 Å². The summed E-state index contributed by atoms with van der Waals surface area (Å²) in [6.07, 6.45) is 8.38. The van der Waals surface area contributed by atoms with Gasteiger partial charge in [0.1, 0.15) is 11.3 Å². The Balaban J connectivity index is 1.12. The fourth-order valence-corrected chi connectivity index (χ4v) is 4.98. The molecule has 0 bridgehead atoms. The maximum atomic E-state index is 12.6. The largest absolute Gasteiger partial charge is 0.357 e. The maximum absolute atomic E-state index is 12.6. The highest BCUT2D eigenvalue weighted by atomic mass is 16.2. The minimum atomic E-state index is -0.361. The van der Waals surface area contributed by atoms with E-state index in [2.05, 4.69) is 38.8 Å². The Morgan fingerprint density at radius 2 is 2.00 bits per heavy atom. The number of nitrogens with zero attached hydrogens (tertiary/aromatic N) is 2. The van der Waals surface area contributed by atoms with Crippen LogP contribution in [0.25, 0.3) is 16.6 Å². The Bertz CT molecular complexity index is 1410. The first kappa shape index (κ1) is 20.2. The van der Waals surface area contributed by atoms with Crippen LogP contribution in [0.1, 0.15) is 53.8 Å². The lowest BCUT2D eigenvalue weighted by Gasteiger charge is -2.34. The number of amides is 1. The van der Waals surface area contributed by atoms with E-state index in [1.165, 1.54) is 53.7 Å². The van der Waals surface area contributed by atoms with Gasteiger partial charge in [-0.15, -0.1) is 0 Å². The average Bonchev–Trinajstić information content (AvgIpc) is 3.44. The highest BCUT2D eigenvalue weighted by molar-refractivity contribution is 5.92. The van der Waals surface area contributed by atoms with Crippen molar-refractivity contribution in [2.45, 2.75) is 50.7 Å². The van der Waals surface area contributed by atoms with E-state index >= 15 is 0 Å². The van der Waals surface area contributed by atoms with E-state index in [9.17, 15) is 9.59 Å². The van der Waals surface area contributed by atoms with Crippen LogP contribution in [0.3, 0.4) is 0 Å². The van der Waals surface area contributed by atoms with Crippen LogP contribution in [0.4, 0.5) is 0 Å². The third-order valence-electron chi connectivity index (χ3n) is 7.31. The van der Waals surface area contributed by atoms with Gasteiger partial charge in [0.15, 0.2) is 0 Å². The second-order valence-corrected chi connectivity index (χ2v) is 9.44. The molecule has 4 aromatic rings. The molecule has 168 valence electrons. The fraction of sp³-hybridized carbons (Fsp3) is 0.346. The Labute approximate surface area is 191 Å². The third-order valence-corrected chi connectivity index (χ3v) is 7.31. The topological polar surface area (TPSA) is 91.3 Å². The van der Waals surface area contributed by atoms with Gasteiger partial charge in [0, 0.05) is 42.1 Å². The molecule has 0 radical (unpaired) electrons. The monoisotopic (exact) mass is 441 g/mol. The predicted molar refractivity (Wildman–Crippen MR) is 127 cm³/mol. The van der Waals surface area contributed by atoms with Crippen LogP contribution in [-0.2, 0) is 13.1 Å². The Morgan fingerprint density at radius 3 is 2.79 bits per heavy atom. The number of fused-ring (bicyclic) bond motifs is 2. The number of rotatable bonds is 7. The van der Waals surface area contributed by atoms with Crippen LogP contribution in [-0.4, -0.2) is 25.8 Å². The van der Waals surface area contributed by atoms with Crippen molar-refractivity contribution in [2.24, 2.45) is 5.92 Å². The normalized spacial score (nSPS) is 17.2. The molecule has 0 aliphatic heterocycles. The van der Waals surface area contributed by atoms with E-state index in [-0.39, 0.29) is 17.2 Å². The number of aromatic amines is 1. The van der Waals surface area contributed by atoms with E-state index < -0.39 is 0 Å². The summed E-state index contributed by atoms with van der Waals surface area (Å²) in [5.41, 5.74) is 3.94. The average molecular weight is 442 g/mol. The Kier molecular flexibility index (Phi) is 4.80. The van der Waals surface area contributed by atoms with Gasteiger partial charge in [-0.3, -0.25) is 14.0 Å². The number of hydrogen-bond donors (Lipinski definition) is 3. The third kappa shape index (κ3) is 3.82. The van der Waals surface area contributed by atoms with Gasteiger partial charge < -0.3 is 15.6 Å². The molecule has 0 atom stereocenters. The van der Waals surface area contributed by atoms with Crippen LogP contribution >= 0.6 is 0 Å². The molecule has 7 heteroatoms. The molecule has 3 N–H and O–H groups in total. The van der Waals surface area contributed by atoms with E-state index in [1.54, 1.807) is 24.4 Å². The van der Waals surface area contributed by atoms with Gasteiger partial charge in [-0.25, -0.2) is 4.98 Å². The van der Waals surface area contributed by atoms with Crippen molar-refractivity contribution in [1.29, 1.82) is 0 Å². The van der Waals surface area contributed by atoms with Crippen molar-refractivity contribution in [2.75, 3.05) is 0 Å². The van der Waals surface area contributed by atoms with Crippen LogP contribution in [0.5, 0.6) is 0 Å². The molecule has 2 fully saturated rings. The van der Waals surface area contributed by atoms with Gasteiger partial charge in [-0.1, -0.05) is 24.6 Å². The van der Waals surface area contributed by atoms with Crippen LogP contribution in [0, 0.1) is 5.92 Å². The number of H-pyrrole nitrogens is 1. The van der Waals surface area contributed by atoms with Crippen LogP contribution in [0.2, 0.25) is 0 Å². The molecule has 1 aromatic carbocycles. The summed E-state index contributed by atoms with van der Waals surface area (Å²) < 4.78 is 1.42. The Morgan fingerprint density at radius 1 is 1.12 bits per heavy atom. The van der Waals surface area contributed by atoms with Gasteiger partial charge in [0.05, 0.1) is 0 Å². The molecule has 2 saturated carbocycles. The zero-order chi connectivity index (χ0) is 22.4. The minimum absolute atomic E-state index is 0.126. The van der Waals surface area contributed by atoms with Gasteiger partial charge in [-0.05, 0) is 66.8 Å². The molecule has 2 aliphatic carbocycles. The predicted octanol–water partition coefficient (Wildman–Crippen LogP) is 3.53. The fourth-order valence-electron chi connectivity index (χ4n) is 4.98. The molecule has 6 rings (SSSR count). The van der Waals surface area contributed by atoms with Crippen molar-refractivity contribution < 1.29 is 4.79 Å². The number of carbonyl (C=O) groups is 1. The van der Waals surface area contributed by atoms with Crippen LogP contribution in [0.15, 0.2) is 59.5 Å². The van der Waals surface area contributed by atoms with Crippen molar-refractivity contribution in [1.82, 2.24) is 25.0 Å². The van der Waals surface area contributed by atoms with Crippen molar-refractivity contribution in [3.8, 4) is 0 Å². The summed E-state index contributed by atoms with van der Waals surface area (Å²) in [6, 6.07) is 14.9. The number of pyridine rings is 1. The summed E-state index contributed by atoms with van der Waals surface area (Å²) in [5, 5.41) is 7.86. The quantitative estimate of drug-likeness (QED) is 0.409. The van der Waals surface area contributed by atoms with E-state index in [4.69, 9.17) is 0 Å². The summed E-state index contributed by atoms with van der Waals surface area (Å²) in [4.78, 5) is 32.7. The summed E-state index contributed by atoms with van der Waals surface area (Å²) in [7, 11) is 0. The molecule has 1 amide bonds. The summed E-state index contributed by atoms with van der Waals surface area (Å²) in [6.45, 7) is 1.22. The first-order valence-electron chi connectivity index (χ1n) is 11.7. The summed E-state index contributed by atoms with van der Waals surface area (Å²) in [5.74, 6) is 0.506. The second-order valence-electron chi connectivity index (χ2n) is 9.44. The molecule has 33 heavy (non-hydrogen) atoms. The highest BCUT2D eigenvalue weighted by Gasteiger charge is 2.50.